The van der Waals surface area contributed by atoms with E-state index in [1.165, 1.54) is 25.5 Å². The quantitative estimate of drug-likeness (QED) is 0.200. The molecule has 4 aromatic rings. The number of ether oxygens (including phenoxy) is 1. The Bertz CT molecular complexity index is 1620. The summed E-state index contributed by atoms with van der Waals surface area (Å²) in [6, 6.07) is 21.5. The van der Waals surface area contributed by atoms with Crippen molar-refractivity contribution in [2.24, 2.45) is 5.10 Å². The van der Waals surface area contributed by atoms with Gasteiger partial charge >= 0.3 is 0 Å². The minimum absolute atomic E-state index is 0.0237. The second-order valence-electron chi connectivity index (χ2n) is 8.57. The molecule has 8 nitrogen and oxygen atoms in total. The van der Waals surface area contributed by atoms with Crippen LogP contribution in [-0.4, -0.2) is 38.8 Å². The SMILES string of the molecule is COc1ccc(S(=O)(=O)N(CC(=O)N/N=C/c2cc(C)n(-c3cc(Cl)ccc3Cl)c2C)c2ccccc2)cc1. The first-order valence-corrected chi connectivity index (χ1v) is 14.0. The van der Waals surface area contributed by atoms with Crippen molar-refractivity contribution in [3.8, 4) is 11.4 Å². The number of benzene rings is 3. The molecule has 1 N–H and O–H groups in total. The van der Waals surface area contributed by atoms with Gasteiger partial charge in [-0.1, -0.05) is 41.4 Å². The first-order chi connectivity index (χ1) is 18.6. The maximum atomic E-state index is 13.5. The molecule has 0 spiro atoms. The van der Waals surface area contributed by atoms with Crippen molar-refractivity contribution >= 4 is 51.0 Å². The molecule has 1 aromatic heterocycles. The number of methoxy groups -OCH3 is 1. The zero-order valence-corrected chi connectivity index (χ0v) is 23.8. The maximum absolute atomic E-state index is 13.5. The Kier molecular flexibility index (Phi) is 8.64. The minimum atomic E-state index is -4.06. The summed E-state index contributed by atoms with van der Waals surface area (Å²) in [5.74, 6) is -0.0943. The summed E-state index contributed by atoms with van der Waals surface area (Å²) in [5, 5.41) is 5.17. The lowest BCUT2D eigenvalue weighted by atomic mass is 10.2. The van der Waals surface area contributed by atoms with Crippen LogP contribution in [0.15, 0.2) is 88.9 Å². The van der Waals surface area contributed by atoms with Crippen LogP contribution in [0.1, 0.15) is 17.0 Å². The lowest BCUT2D eigenvalue weighted by molar-refractivity contribution is -0.119. The van der Waals surface area contributed by atoms with Crippen molar-refractivity contribution in [1.29, 1.82) is 0 Å². The van der Waals surface area contributed by atoms with E-state index in [0.717, 1.165) is 26.9 Å². The van der Waals surface area contributed by atoms with Gasteiger partial charge in [0.2, 0.25) is 0 Å². The molecule has 11 heteroatoms. The van der Waals surface area contributed by atoms with Crippen LogP contribution in [0.3, 0.4) is 0 Å². The number of hydrazone groups is 1. The zero-order chi connectivity index (χ0) is 28.2. The summed E-state index contributed by atoms with van der Waals surface area (Å²) < 4.78 is 35.1. The lowest BCUT2D eigenvalue weighted by Gasteiger charge is -2.23. The Morgan fingerprint density at radius 3 is 2.38 bits per heavy atom. The third-order valence-electron chi connectivity index (χ3n) is 5.99. The molecule has 0 bridgehead atoms. The number of halogens is 2. The number of nitrogens with one attached hydrogen (secondary N) is 1. The molecule has 202 valence electrons. The van der Waals surface area contributed by atoms with Gasteiger partial charge in [0.05, 0.1) is 34.6 Å². The monoisotopic (exact) mass is 584 g/mol. The van der Waals surface area contributed by atoms with Crippen LogP contribution in [0.25, 0.3) is 5.69 Å². The highest BCUT2D eigenvalue weighted by molar-refractivity contribution is 7.92. The Labute approximate surface area is 237 Å². The molecule has 0 aliphatic rings. The Hall–Kier alpha value is -3.79. The molecule has 0 atom stereocenters. The van der Waals surface area contributed by atoms with E-state index >= 15 is 0 Å². The van der Waals surface area contributed by atoms with Crippen LogP contribution >= 0.6 is 23.2 Å². The molecule has 0 saturated heterocycles. The highest BCUT2D eigenvalue weighted by Crippen LogP contribution is 2.29. The molecular weight excluding hydrogens is 559 g/mol. The molecule has 0 fully saturated rings. The van der Waals surface area contributed by atoms with Gasteiger partial charge < -0.3 is 9.30 Å². The van der Waals surface area contributed by atoms with Gasteiger partial charge in [0.25, 0.3) is 15.9 Å². The van der Waals surface area contributed by atoms with Gasteiger partial charge in [-0.3, -0.25) is 9.10 Å². The second kappa shape index (κ2) is 11.9. The highest BCUT2D eigenvalue weighted by Gasteiger charge is 2.27. The number of hydrogen-bond donors (Lipinski definition) is 1. The summed E-state index contributed by atoms with van der Waals surface area (Å²) >= 11 is 12.6. The van der Waals surface area contributed by atoms with Crippen molar-refractivity contribution in [3.05, 3.63) is 106 Å². The van der Waals surface area contributed by atoms with Crippen LogP contribution in [0.4, 0.5) is 5.69 Å². The van der Waals surface area contributed by atoms with E-state index in [-0.39, 0.29) is 4.90 Å². The van der Waals surface area contributed by atoms with E-state index in [1.54, 1.807) is 60.7 Å². The smallest absolute Gasteiger partial charge is 0.264 e. The molecule has 1 heterocycles. The largest absolute Gasteiger partial charge is 0.497 e. The van der Waals surface area contributed by atoms with Gasteiger partial charge in [0, 0.05) is 22.0 Å². The zero-order valence-electron chi connectivity index (χ0n) is 21.4. The van der Waals surface area contributed by atoms with Crippen LogP contribution in [-0.2, 0) is 14.8 Å². The number of carbonyl (C=O) groups is 1. The molecule has 39 heavy (non-hydrogen) atoms. The normalized spacial score (nSPS) is 11.5. The van der Waals surface area contributed by atoms with E-state index in [0.29, 0.717) is 21.5 Å². The molecule has 0 saturated carbocycles. The topological polar surface area (TPSA) is 93.0 Å². The molecule has 3 aromatic carbocycles. The second-order valence-corrected chi connectivity index (χ2v) is 11.3. The predicted molar refractivity (Wildman–Crippen MR) is 155 cm³/mol. The molecular formula is C28H26Cl2N4O4S. The van der Waals surface area contributed by atoms with E-state index in [1.807, 2.05) is 24.5 Å². The summed E-state index contributed by atoms with van der Waals surface area (Å²) in [4.78, 5) is 12.9. The molecule has 0 unspecified atom stereocenters. The van der Waals surface area contributed by atoms with E-state index in [4.69, 9.17) is 27.9 Å². The van der Waals surface area contributed by atoms with Gasteiger partial charge in [-0.2, -0.15) is 5.10 Å². The number of aryl methyl sites for hydroxylation is 1. The summed E-state index contributed by atoms with van der Waals surface area (Å²) in [6.45, 7) is 3.33. The fourth-order valence-electron chi connectivity index (χ4n) is 4.07. The number of anilines is 1. The first-order valence-electron chi connectivity index (χ1n) is 11.8. The standard InChI is InChI=1S/C28H26Cl2N4O4S/c1-19-15-21(20(2)34(19)27-16-22(29)9-14-26(27)30)17-31-32-28(35)18-33(23-7-5-4-6-8-23)39(36,37)25-12-10-24(38-3)11-13-25/h4-17H,18H2,1-3H3,(H,32,35)/b31-17+. The number of hydrogen-bond acceptors (Lipinski definition) is 5. The average molecular weight is 586 g/mol. The summed E-state index contributed by atoms with van der Waals surface area (Å²) in [6.07, 6.45) is 1.50. The predicted octanol–water partition coefficient (Wildman–Crippen LogP) is 5.76. The highest BCUT2D eigenvalue weighted by atomic mass is 35.5. The molecule has 1 amide bonds. The van der Waals surface area contributed by atoms with E-state index < -0.39 is 22.5 Å². The van der Waals surface area contributed by atoms with Crippen LogP contribution in [0.2, 0.25) is 10.0 Å². The lowest BCUT2D eigenvalue weighted by Crippen LogP contribution is -2.39. The third kappa shape index (κ3) is 6.27. The summed E-state index contributed by atoms with van der Waals surface area (Å²) in [7, 11) is -2.57. The number of amides is 1. The van der Waals surface area contributed by atoms with E-state index in [2.05, 4.69) is 10.5 Å². The molecule has 4 rings (SSSR count). The summed E-state index contributed by atoms with van der Waals surface area (Å²) in [5.41, 5.74) is 5.98. The van der Waals surface area contributed by atoms with Gasteiger partial charge in [-0.25, -0.2) is 13.8 Å². The Morgan fingerprint density at radius 1 is 1.03 bits per heavy atom. The van der Waals surface area contributed by atoms with Crippen LogP contribution in [0, 0.1) is 13.8 Å². The number of nitrogens with zero attached hydrogens (tertiary/aromatic N) is 3. The van der Waals surface area contributed by atoms with Crippen molar-refractivity contribution in [3.63, 3.8) is 0 Å². The van der Waals surface area contributed by atoms with Gasteiger partial charge in [0.1, 0.15) is 12.3 Å². The average Bonchev–Trinajstić information content (AvgIpc) is 3.21. The number of para-hydroxylation sites is 1. The minimum Gasteiger partial charge on any atom is -0.497 e. The van der Waals surface area contributed by atoms with Gasteiger partial charge in [0.15, 0.2) is 0 Å². The number of carbonyl (C=O) groups excluding carboxylic acids is 1. The Balaban J connectivity index is 1.55. The Morgan fingerprint density at radius 2 is 1.72 bits per heavy atom. The van der Waals surface area contributed by atoms with Crippen molar-refractivity contribution in [2.45, 2.75) is 18.7 Å². The third-order valence-corrected chi connectivity index (χ3v) is 8.33. The van der Waals surface area contributed by atoms with Crippen LogP contribution < -0.4 is 14.5 Å². The maximum Gasteiger partial charge on any atom is 0.264 e. The van der Waals surface area contributed by atoms with Gasteiger partial charge in [-0.15, -0.1) is 0 Å². The fourth-order valence-corrected chi connectivity index (χ4v) is 5.86. The number of aromatic nitrogens is 1. The van der Waals surface area contributed by atoms with Gasteiger partial charge in [-0.05, 0) is 74.5 Å². The molecule has 0 aliphatic heterocycles. The molecule has 0 radical (unpaired) electrons. The van der Waals surface area contributed by atoms with Crippen molar-refractivity contribution in [2.75, 3.05) is 18.0 Å². The van der Waals surface area contributed by atoms with Crippen molar-refractivity contribution in [1.82, 2.24) is 9.99 Å². The van der Waals surface area contributed by atoms with Crippen molar-refractivity contribution < 1.29 is 17.9 Å². The first kappa shape index (κ1) is 28.2. The fraction of sp³-hybridized carbons (Fsp3) is 0.143. The molecule has 0 aliphatic carbocycles. The number of sulfonamides is 1. The van der Waals surface area contributed by atoms with E-state index in [9.17, 15) is 13.2 Å². The van der Waals surface area contributed by atoms with Crippen LogP contribution in [0.5, 0.6) is 5.75 Å². The number of rotatable bonds is 9.